The third-order valence-electron chi connectivity index (χ3n) is 5.01. The molecule has 2 saturated heterocycles. The zero-order valence-electron chi connectivity index (χ0n) is 15.7. The number of carbonyl (C=O) groups is 1. The van der Waals surface area contributed by atoms with Gasteiger partial charge >= 0.3 is 0 Å². The highest BCUT2D eigenvalue weighted by Crippen LogP contribution is 2.28. The number of nitrogens with zero attached hydrogens (tertiary/aromatic N) is 4. The van der Waals surface area contributed by atoms with Crippen molar-refractivity contribution in [3.05, 3.63) is 40.5 Å². The molecule has 0 saturated carbocycles. The number of ether oxygens (including phenoxy) is 1. The Hall–Kier alpha value is -1.72. The van der Waals surface area contributed by atoms with Gasteiger partial charge in [-0.05, 0) is 24.3 Å². The van der Waals surface area contributed by atoms with Crippen molar-refractivity contribution < 1.29 is 17.9 Å². The van der Waals surface area contributed by atoms with E-state index >= 15 is 0 Å². The van der Waals surface area contributed by atoms with Crippen LogP contribution < -0.4 is 4.90 Å². The molecule has 2 aromatic rings. The van der Waals surface area contributed by atoms with E-state index in [9.17, 15) is 13.2 Å². The zero-order valence-corrected chi connectivity index (χ0v) is 18.0. The first kappa shape index (κ1) is 20.5. The van der Waals surface area contributed by atoms with Crippen molar-refractivity contribution in [2.24, 2.45) is 0 Å². The second-order valence-corrected chi connectivity index (χ2v) is 10.6. The Labute approximate surface area is 178 Å². The number of thiophene rings is 1. The van der Waals surface area contributed by atoms with Crippen LogP contribution in [-0.4, -0.2) is 81.0 Å². The highest BCUT2D eigenvalue weighted by Gasteiger charge is 2.31. The molecule has 29 heavy (non-hydrogen) atoms. The summed E-state index contributed by atoms with van der Waals surface area (Å²) in [7, 11) is -3.58. The van der Waals surface area contributed by atoms with Gasteiger partial charge in [0.2, 0.25) is 0 Å². The molecular formula is C18H21ClN4O4S2. The minimum absolute atomic E-state index is 0.184. The third-order valence-corrected chi connectivity index (χ3v) is 8.60. The number of carbonyl (C=O) groups excluding carboxylic acids is 1. The number of piperazine rings is 1. The number of sulfonamides is 1. The summed E-state index contributed by atoms with van der Waals surface area (Å²) in [5.74, 6) is -0.184. The molecule has 0 bridgehead atoms. The molecule has 0 aromatic carbocycles. The van der Waals surface area contributed by atoms with Crippen LogP contribution in [0.2, 0.25) is 4.34 Å². The van der Waals surface area contributed by atoms with E-state index in [0.29, 0.717) is 36.3 Å². The first-order chi connectivity index (χ1) is 13.9. The quantitative estimate of drug-likeness (QED) is 0.697. The van der Waals surface area contributed by atoms with Crippen molar-refractivity contribution in [1.82, 2.24) is 14.2 Å². The number of hydrogen-bond acceptors (Lipinski definition) is 7. The lowest BCUT2D eigenvalue weighted by Gasteiger charge is -2.33. The number of amides is 1. The molecule has 0 N–H and O–H groups in total. The maximum Gasteiger partial charge on any atom is 0.272 e. The van der Waals surface area contributed by atoms with E-state index in [1.54, 1.807) is 23.2 Å². The molecule has 2 aliphatic rings. The van der Waals surface area contributed by atoms with Gasteiger partial charge in [-0.1, -0.05) is 11.6 Å². The van der Waals surface area contributed by atoms with Crippen molar-refractivity contribution in [3.8, 4) is 0 Å². The number of halogens is 1. The molecule has 0 radical (unpaired) electrons. The van der Waals surface area contributed by atoms with Gasteiger partial charge in [-0.25, -0.2) is 8.42 Å². The van der Waals surface area contributed by atoms with E-state index in [4.69, 9.17) is 16.3 Å². The molecule has 156 valence electrons. The monoisotopic (exact) mass is 456 g/mol. The minimum atomic E-state index is -3.58. The summed E-state index contributed by atoms with van der Waals surface area (Å²) in [6.07, 6.45) is 1.64. The van der Waals surface area contributed by atoms with E-state index in [1.807, 2.05) is 6.07 Å². The molecule has 0 spiro atoms. The maximum atomic E-state index is 12.9. The van der Waals surface area contributed by atoms with Crippen LogP contribution in [-0.2, 0) is 14.8 Å². The van der Waals surface area contributed by atoms with Crippen molar-refractivity contribution in [2.75, 3.05) is 57.4 Å². The number of aromatic nitrogens is 1. The van der Waals surface area contributed by atoms with Crippen LogP contribution in [0.5, 0.6) is 0 Å². The van der Waals surface area contributed by atoms with E-state index in [-0.39, 0.29) is 23.2 Å². The number of hydrogen-bond donors (Lipinski definition) is 0. The van der Waals surface area contributed by atoms with Crippen LogP contribution in [0.15, 0.2) is 34.7 Å². The Morgan fingerprint density at radius 2 is 1.79 bits per heavy atom. The zero-order chi connectivity index (χ0) is 20.4. The fraction of sp³-hybridized carbons (Fsp3) is 0.444. The van der Waals surface area contributed by atoms with Crippen molar-refractivity contribution in [2.45, 2.75) is 4.21 Å². The first-order valence-electron chi connectivity index (χ1n) is 9.29. The molecular weight excluding hydrogens is 436 g/mol. The fourth-order valence-corrected chi connectivity index (χ4v) is 6.47. The van der Waals surface area contributed by atoms with Crippen LogP contribution in [0.4, 0.5) is 5.69 Å². The summed E-state index contributed by atoms with van der Waals surface area (Å²) in [5.41, 5.74) is 1.32. The molecule has 2 fully saturated rings. The van der Waals surface area contributed by atoms with E-state index in [1.165, 1.54) is 10.4 Å². The molecule has 2 aliphatic heterocycles. The van der Waals surface area contributed by atoms with Gasteiger partial charge in [-0.2, -0.15) is 4.31 Å². The molecule has 0 unspecified atom stereocenters. The standard InChI is InChI=1S/C18H21ClN4O4S2/c19-16-1-2-17(28-16)29(25,26)23-7-5-22(6-8-23)18(24)15-13-14(3-4-20-15)21-9-11-27-12-10-21/h1-4,13H,5-12H2. The van der Waals surface area contributed by atoms with Gasteiger partial charge in [0, 0.05) is 51.2 Å². The summed E-state index contributed by atoms with van der Waals surface area (Å²) >= 11 is 6.91. The predicted molar refractivity (Wildman–Crippen MR) is 111 cm³/mol. The van der Waals surface area contributed by atoms with Gasteiger partial charge in [0.15, 0.2) is 0 Å². The predicted octanol–water partition coefficient (Wildman–Crippen LogP) is 1.78. The van der Waals surface area contributed by atoms with Gasteiger partial charge in [0.1, 0.15) is 9.90 Å². The Morgan fingerprint density at radius 3 is 2.45 bits per heavy atom. The lowest BCUT2D eigenvalue weighted by atomic mass is 10.2. The summed E-state index contributed by atoms with van der Waals surface area (Å²) in [6, 6.07) is 6.77. The smallest absolute Gasteiger partial charge is 0.272 e. The van der Waals surface area contributed by atoms with Crippen LogP contribution >= 0.6 is 22.9 Å². The third kappa shape index (κ3) is 4.41. The number of morpholine rings is 1. The van der Waals surface area contributed by atoms with Crippen LogP contribution in [0.3, 0.4) is 0 Å². The summed E-state index contributed by atoms with van der Waals surface area (Å²) in [5, 5.41) is 0. The molecule has 4 rings (SSSR count). The van der Waals surface area contributed by atoms with Crippen LogP contribution in [0.1, 0.15) is 10.5 Å². The van der Waals surface area contributed by atoms with Gasteiger partial charge in [0.25, 0.3) is 15.9 Å². The average molecular weight is 457 g/mol. The van der Waals surface area contributed by atoms with Gasteiger partial charge in [-0.3, -0.25) is 9.78 Å². The van der Waals surface area contributed by atoms with Gasteiger partial charge in [-0.15, -0.1) is 11.3 Å². The Kier molecular flexibility index (Phi) is 6.07. The molecule has 2 aromatic heterocycles. The topological polar surface area (TPSA) is 83.1 Å². The highest BCUT2D eigenvalue weighted by atomic mass is 35.5. The molecule has 4 heterocycles. The normalized spacial score (nSPS) is 18.8. The first-order valence-corrected chi connectivity index (χ1v) is 11.9. The van der Waals surface area contributed by atoms with Crippen molar-refractivity contribution in [3.63, 3.8) is 0 Å². The summed E-state index contributed by atoms with van der Waals surface area (Å²) in [4.78, 5) is 21.0. The second kappa shape index (κ2) is 8.57. The Bertz CT molecular complexity index is 983. The molecule has 0 atom stereocenters. The lowest BCUT2D eigenvalue weighted by molar-refractivity contribution is 0.0692. The number of anilines is 1. The Morgan fingerprint density at radius 1 is 1.07 bits per heavy atom. The van der Waals surface area contributed by atoms with Gasteiger partial charge in [0.05, 0.1) is 17.6 Å². The molecule has 1 amide bonds. The minimum Gasteiger partial charge on any atom is -0.378 e. The summed E-state index contributed by atoms with van der Waals surface area (Å²) in [6.45, 7) is 4.01. The maximum absolute atomic E-state index is 12.9. The number of pyridine rings is 1. The second-order valence-electron chi connectivity index (χ2n) is 6.75. The van der Waals surface area contributed by atoms with Crippen LogP contribution in [0, 0.1) is 0 Å². The Balaban J connectivity index is 1.41. The fourth-order valence-electron chi connectivity index (χ4n) is 3.41. The van der Waals surface area contributed by atoms with E-state index < -0.39 is 10.0 Å². The average Bonchev–Trinajstić information content (AvgIpc) is 3.21. The van der Waals surface area contributed by atoms with Crippen molar-refractivity contribution >= 4 is 44.6 Å². The van der Waals surface area contributed by atoms with E-state index in [2.05, 4.69) is 9.88 Å². The van der Waals surface area contributed by atoms with Crippen molar-refractivity contribution in [1.29, 1.82) is 0 Å². The van der Waals surface area contributed by atoms with Gasteiger partial charge < -0.3 is 14.5 Å². The molecule has 11 heteroatoms. The lowest BCUT2D eigenvalue weighted by Crippen LogP contribution is -2.50. The van der Waals surface area contributed by atoms with Crippen LogP contribution in [0.25, 0.3) is 0 Å². The van der Waals surface area contributed by atoms with E-state index in [0.717, 1.165) is 30.1 Å². The molecule has 0 aliphatic carbocycles. The molecule has 8 nitrogen and oxygen atoms in total. The highest BCUT2D eigenvalue weighted by molar-refractivity contribution is 7.91. The SMILES string of the molecule is O=C(c1cc(N2CCOCC2)ccn1)N1CCN(S(=O)(=O)c2ccc(Cl)s2)CC1. The summed E-state index contributed by atoms with van der Waals surface area (Å²) < 4.78 is 32.9. The largest absolute Gasteiger partial charge is 0.378 e. The number of rotatable bonds is 4.